The smallest absolute Gasteiger partial charge is 0.548 e. The number of H-pyrrole nitrogens is 3. The van der Waals surface area contributed by atoms with Crippen LogP contribution < -0.4 is 47.8 Å². The van der Waals surface area contributed by atoms with Gasteiger partial charge in [0.25, 0.3) is 0 Å². The summed E-state index contributed by atoms with van der Waals surface area (Å²) >= 11 is 0. The minimum absolute atomic E-state index is 0. The van der Waals surface area contributed by atoms with Crippen LogP contribution in [0.4, 0.5) is 0 Å². The summed E-state index contributed by atoms with van der Waals surface area (Å²) in [7, 11) is 0. The number of nitrogens with one attached hydrogen (secondary N) is 3. The van der Waals surface area contributed by atoms with E-state index in [0.29, 0.717) is 17.1 Å². The number of nitrogens with two attached hydrogens (primary N) is 3. The molecule has 9 N–H and O–H groups in total. The van der Waals surface area contributed by atoms with E-state index in [2.05, 4.69) is 44.9 Å². The number of hydrogen-bond acceptors (Lipinski definition) is 21. The third-order valence-electron chi connectivity index (χ3n) is 6.51. The maximum Gasteiger partial charge on any atom is 3.00 e. The molecule has 0 aliphatic rings. The van der Waals surface area contributed by atoms with Gasteiger partial charge in [0.2, 0.25) is 0 Å². The molecule has 324 valence electrons. The van der Waals surface area contributed by atoms with Gasteiger partial charge in [0.05, 0.1) is 71.9 Å². The van der Waals surface area contributed by atoms with Crippen LogP contribution in [0, 0.1) is 0 Å². The zero-order chi connectivity index (χ0) is 44.9. The maximum atomic E-state index is 10.2. The number of imidazole rings is 3. The molecule has 6 aromatic heterocycles. The summed E-state index contributed by atoms with van der Waals surface area (Å²) < 4.78 is 0. The van der Waals surface area contributed by atoms with Gasteiger partial charge in [0.15, 0.2) is 0 Å². The van der Waals surface area contributed by atoms with Gasteiger partial charge in [0, 0.05) is 91.7 Å². The first-order chi connectivity index (χ1) is 28.5. The molecule has 0 fully saturated rings. The number of aromatic amines is 3. The van der Waals surface area contributed by atoms with Gasteiger partial charge >= 0.3 is 34.7 Å². The molecule has 26 heteroatoms. The summed E-state index contributed by atoms with van der Waals surface area (Å²) in [5, 5.41) is 60.5. The molecule has 0 saturated carbocycles. The van der Waals surface area contributed by atoms with E-state index in [-0.39, 0.29) is 71.1 Å². The molecule has 6 aromatic rings. The van der Waals surface area contributed by atoms with Gasteiger partial charge in [0.1, 0.15) is 0 Å². The summed E-state index contributed by atoms with van der Waals surface area (Å²) in [6.45, 7) is 0. The molecule has 0 aliphatic heterocycles. The van der Waals surface area contributed by atoms with Crippen LogP contribution in [0.3, 0.4) is 0 Å². The number of aliphatic carboxylic acids is 3. The Kier molecular flexibility index (Phi) is 30.0. The Bertz CT molecular complexity index is 1880. The number of aromatic carboxylic acids is 3. The Morgan fingerprint density at radius 3 is 0.823 bits per heavy atom. The molecule has 0 spiro atoms. The summed E-state index contributed by atoms with van der Waals surface area (Å²) in [6.07, 6.45) is 13.9. The molecule has 62 heavy (non-hydrogen) atoms. The molecule has 0 unspecified atom stereocenters. The molecule has 24 nitrogen and oxygen atoms in total. The Labute approximate surface area is 373 Å². The first-order valence-electron chi connectivity index (χ1n) is 16.7. The Balaban J connectivity index is 0. The zero-order valence-corrected chi connectivity index (χ0v) is 34.4. The number of hydrogen-bond donors (Lipinski definition) is 6. The van der Waals surface area contributed by atoms with E-state index in [1.165, 1.54) is 74.4 Å². The number of carboxylic acid groups (broad SMARTS) is 6. The predicted octanol–water partition coefficient (Wildman–Crippen LogP) is -7.58. The van der Waals surface area contributed by atoms with Gasteiger partial charge in [-0.05, 0) is 36.4 Å². The number of rotatable bonds is 12. The van der Waals surface area contributed by atoms with Crippen molar-refractivity contribution in [3.63, 3.8) is 0 Å². The average Bonchev–Trinajstić information content (AvgIpc) is 4.06. The van der Waals surface area contributed by atoms with E-state index in [4.69, 9.17) is 17.2 Å². The fourth-order valence-corrected chi connectivity index (χ4v) is 3.60. The van der Waals surface area contributed by atoms with Crippen LogP contribution in [-0.4, -0.2) is 98.8 Å². The van der Waals surface area contributed by atoms with E-state index >= 15 is 0 Å². The minimum Gasteiger partial charge on any atom is -0.548 e. The second kappa shape index (κ2) is 32.7. The quantitative estimate of drug-likeness (QED) is 0.0664. The van der Waals surface area contributed by atoms with Crippen molar-refractivity contribution in [2.24, 2.45) is 17.2 Å². The van der Waals surface area contributed by atoms with Crippen LogP contribution in [0.15, 0.2) is 111 Å². The standard InChI is InChI=1S/3C6H9N3O2.3C6H5NO2.2Cr/c3*7-5(6(10)11)1-4-2-8-3-9-4;3*8-6(9)5-3-1-2-4-7-5;;/h3*2-3,5H,1,7H2,(H,8,9)(H,10,11);3*1-4H,(H,8,9);;/q;;;;;;2*+3/p-6/t3*5-;;;;;/m000...../s1. The van der Waals surface area contributed by atoms with Crippen molar-refractivity contribution in [3.05, 3.63) is 145 Å². The van der Waals surface area contributed by atoms with Crippen molar-refractivity contribution in [3.8, 4) is 0 Å². The van der Waals surface area contributed by atoms with Crippen LogP contribution in [0.2, 0.25) is 0 Å². The van der Waals surface area contributed by atoms with Gasteiger partial charge in [-0.15, -0.1) is 0 Å². The van der Waals surface area contributed by atoms with Crippen molar-refractivity contribution >= 4 is 35.8 Å². The van der Waals surface area contributed by atoms with Crippen molar-refractivity contribution in [2.45, 2.75) is 37.4 Å². The Morgan fingerprint density at radius 1 is 0.452 bits per heavy atom. The Hall–Kier alpha value is -7.16. The number of carbonyl (C=O) groups is 6. The third-order valence-corrected chi connectivity index (χ3v) is 6.51. The van der Waals surface area contributed by atoms with Crippen LogP contribution in [0.1, 0.15) is 48.5 Å². The fourth-order valence-electron chi connectivity index (χ4n) is 3.60. The molecule has 3 atom stereocenters. The number of carboxylic acids is 6. The minimum atomic E-state index is -1.25. The van der Waals surface area contributed by atoms with E-state index in [0.717, 1.165) is 0 Å². The summed E-state index contributed by atoms with van der Waals surface area (Å²) in [6, 6.07) is 11.0. The van der Waals surface area contributed by atoms with Crippen LogP contribution in [0.25, 0.3) is 0 Å². The normalized spacial score (nSPS) is 10.7. The summed E-state index contributed by atoms with van der Waals surface area (Å²) in [5.74, 6) is -7.47. The van der Waals surface area contributed by atoms with Crippen molar-refractivity contribution in [2.75, 3.05) is 0 Å². The number of carbonyl (C=O) groups excluding carboxylic acids is 6. The summed E-state index contributed by atoms with van der Waals surface area (Å²) in [5.41, 5.74) is 17.6. The van der Waals surface area contributed by atoms with Crippen LogP contribution in [-0.2, 0) is 68.4 Å². The molecule has 0 aliphatic carbocycles. The van der Waals surface area contributed by atoms with Crippen molar-refractivity contribution in [1.29, 1.82) is 0 Å². The van der Waals surface area contributed by atoms with Crippen LogP contribution >= 0.6 is 0 Å². The average molecular weight is 933 g/mol. The van der Waals surface area contributed by atoms with E-state index in [9.17, 15) is 59.4 Å². The molecule has 6 rings (SSSR count). The molecule has 0 amide bonds. The van der Waals surface area contributed by atoms with Gasteiger partial charge in [-0.2, -0.15) is 0 Å². The van der Waals surface area contributed by atoms with E-state index in [1.807, 2.05) is 0 Å². The number of aromatic nitrogens is 9. The van der Waals surface area contributed by atoms with Crippen LogP contribution in [0.5, 0.6) is 0 Å². The molecule has 0 bridgehead atoms. The summed E-state index contributed by atoms with van der Waals surface area (Å²) in [4.78, 5) is 90.4. The molecule has 2 radical (unpaired) electrons. The first-order valence-corrected chi connectivity index (χ1v) is 16.7. The van der Waals surface area contributed by atoms with Crippen molar-refractivity contribution < 1.29 is 94.1 Å². The SMILES string of the molecule is N[C@@H](Cc1cnc[nH]1)C(=O)[O-].N[C@@H](Cc1cnc[nH]1)C(=O)[O-].N[C@@H](Cc1cnc[nH]1)C(=O)[O-].O=C([O-])c1ccccn1.O=C([O-])c1ccccn1.O=C([O-])c1ccccn1.[Cr+3].[Cr+3]. The van der Waals surface area contributed by atoms with Gasteiger partial charge in [-0.1, -0.05) is 18.2 Å². The third kappa shape index (κ3) is 26.0. The molecule has 0 saturated heterocycles. The topological polar surface area (TPSA) is 444 Å². The van der Waals surface area contributed by atoms with Gasteiger partial charge in [-0.3, -0.25) is 15.0 Å². The Morgan fingerprint density at radius 2 is 0.694 bits per heavy atom. The first kappa shape index (κ1) is 56.9. The van der Waals surface area contributed by atoms with Crippen molar-refractivity contribution in [1.82, 2.24) is 44.9 Å². The zero-order valence-electron chi connectivity index (χ0n) is 31.9. The van der Waals surface area contributed by atoms with E-state index < -0.39 is 53.9 Å². The van der Waals surface area contributed by atoms with Gasteiger partial charge < -0.3 is 91.6 Å². The van der Waals surface area contributed by atoms with E-state index in [1.54, 1.807) is 36.4 Å². The second-order valence-corrected chi connectivity index (χ2v) is 11.1. The molecular weight excluding hydrogens is 896 g/mol. The maximum absolute atomic E-state index is 10.2. The molecular formula is C36H36Cr2N12O12. The number of pyridine rings is 3. The molecule has 6 heterocycles. The fraction of sp³-hybridized carbons (Fsp3) is 0.167. The monoisotopic (exact) mass is 932 g/mol. The van der Waals surface area contributed by atoms with Gasteiger partial charge in [-0.25, -0.2) is 15.0 Å². The largest absolute Gasteiger partial charge is 3.00 e. The second-order valence-electron chi connectivity index (χ2n) is 11.1. The number of nitrogens with zero attached hydrogens (tertiary/aromatic N) is 6. The predicted molar refractivity (Wildman–Crippen MR) is 192 cm³/mol. The molecule has 0 aromatic carbocycles.